The minimum Gasteiger partial charge on any atom is -0.465 e. The summed E-state index contributed by atoms with van der Waals surface area (Å²) >= 11 is 0. The molecule has 22 heavy (non-hydrogen) atoms. The molecule has 1 saturated heterocycles. The molecule has 0 spiro atoms. The molecule has 114 valence electrons. The number of esters is 1. The molecule has 5 nitrogen and oxygen atoms in total. The van der Waals surface area contributed by atoms with Gasteiger partial charge in [-0.2, -0.15) is 0 Å². The molecular formula is C17H17NO4. The van der Waals surface area contributed by atoms with Gasteiger partial charge in [-0.25, -0.2) is 4.79 Å². The maximum atomic E-state index is 12.7. The molecule has 0 N–H and O–H groups in total. The Morgan fingerprint density at radius 2 is 1.77 bits per heavy atom. The Kier molecular flexibility index (Phi) is 2.86. The van der Waals surface area contributed by atoms with E-state index >= 15 is 0 Å². The summed E-state index contributed by atoms with van der Waals surface area (Å²) in [5.41, 5.74) is 0.826. The Balaban J connectivity index is 1.70. The zero-order valence-electron chi connectivity index (χ0n) is 12.3. The molecular weight excluding hydrogens is 282 g/mol. The average molecular weight is 299 g/mol. The number of nitrogens with zero attached hydrogens (tertiary/aromatic N) is 1. The third-order valence-electron chi connectivity index (χ3n) is 5.45. The second-order valence-electron chi connectivity index (χ2n) is 6.44. The third-order valence-corrected chi connectivity index (χ3v) is 5.45. The molecule has 4 atom stereocenters. The summed E-state index contributed by atoms with van der Waals surface area (Å²) in [5, 5.41) is 0. The molecule has 1 aromatic carbocycles. The van der Waals surface area contributed by atoms with Crippen LogP contribution in [0.15, 0.2) is 24.3 Å². The van der Waals surface area contributed by atoms with Gasteiger partial charge in [-0.15, -0.1) is 0 Å². The van der Waals surface area contributed by atoms with Crippen molar-refractivity contribution >= 4 is 23.5 Å². The molecule has 0 aromatic heterocycles. The molecule has 1 aromatic rings. The minimum absolute atomic E-state index is 0.0933. The highest BCUT2D eigenvalue weighted by Crippen LogP contribution is 2.56. The first kappa shape index (κ1) is 13.5. The highest BCUT2D eigenvalue weighted by Gasteiger charge is 2.61. The zero-order chi connectivity index (χ0) is 15.4. The van der Waals surface area contributed by atoms with Crippen LogP contribution in [-0.2, 0) is 14.3 Å². The SMILES string of the molecule is COC(=O)c1cccc(N2C(=O)[C@@H]3[C@@H]4CC[C@@H](C4)[C@@H]3C2=O)c1. The fraction of sp³-hybridized carbons (Fsp3) is 0.471. The first-order chi connectivity index (χ1) is 10.6. The average Bonchev–Trinajstić information content (AvgIpc) is 3.21. The van der Waals surface area contributed by atoms with E-state index < -0.39 is 5.97 Å². The van der Waals surface area contributed by atoms with Crippen LogP contribution in [-0.4, -0.2) is 24.9 Å². The second-order valence-corrected chi connectivity index (χ2v) is 6.44. The van der Waals surface area contributed by atoms with Gasteiger partial charge in [0.2, 0.25) is 11.8 Å². The van der Waals surface area contributed by atoms with Gasteiger partial charge in [0.25, 0.3) is 0 Å². The first-order valence-electron chi connectivity index (χ1n) is 7.68. The van der Waals surface area contributed by atoms with Crippen LogP contribution in [0.2, 0.25) is 0 Å². The van der Waals surface area contributed by atoms with Gasteiger partial charge >= 0.3 is 5.97 Å². The predicted molar refractivity (Wildman–Crippen MR) is 78.1 cm³/mol. The third kappa shape index (κ3) is 1.68. The number of ether oxygens (including phenoxy) is 1. The molecule has 2 aliphatic carbocycles. The highest BCUT2D eigenvalue weighted by molar-refractivity contribution is 6.22. The first-order valence-corrected chi connectivity index (χ1v) is 7.68. The number of anilines is 1. The number of hydrogen-bond donors (Lipinski definition) is 0. The molecule has 4 rings (SSSR count). The van der Waals surface area contributed by atoms with E-state index in [0.717, 1.165) is 19.3 Å². The number of hydrogen-bond acceptors (Lipinski definition) is 4. The van der Waals surface area contributed by atoms with Crippen LogP contribution >= 0.6 is 0 Å². The normalized spacial score (nSPS) is 32.5. The number of benzene rings is 1. The number of methoxy groups -OCH3 is 1. The quantitative estimate of drug-likeness (QED) is 0.619. The van der Waals surface area contributed by atoms with Gasteiger partial charge in [-0.1, -0.05) is 6.07 Å². The van der Waals surface area contributed by atoms with Crippen molar-refractivity contribution in [1.82, 2.24) is 0 Å². The molecule has 1 aliphatic heterocycles. The van der Waals surface area contributed by atoms with Crippen molar-refractivity contribution in [2.24, 2.45) is 23.7 Å². The smallest absolute Gasteiger partial charge is 0.337 e. The lowest BCUT2D eigenvalue weighted by Crippen LogP contribution is -2.32. The number of carbonyl (C=O) groups excluding carboxylic acids is 3. The van der Waals surface area contributed by atoms with Crippen molar-refractivity contribution < 1.29 is 19.1 Å². The van der Waals surface area contributed by atoms with E-state index in [-0.39, 0.29) is 23.7 Å². The molecule has 3 fully saturated rings. The van der Waals surface area contributed by atoms with Crippen LogP contribution in [0.3, 0.4) is 0 Å². The van der Waals surface area contributed by atoms with E-state index in [1.807, 2.05) is 0 Å². The van der Waals surface area contributed by atoms with Crippen LogP contribution in [0.1, 0.15) is 29.6 Å². The van der Waals surface area contributed by atoms with Gasteiger partial charge in [0, 0.05) is 0 Å². The van der Waals surface area contributed by atoms with E-state index in [2.05, 4.69) is 0 Å². The molecule has 0 radical (unpaired) electrons. The number of imide groups is 1. The molecule has 3 aliphatic rings. The summed E-state index contributed by atoms with van der Waals surface area (Å²) in [7, 11) is 1.31. The lowest BCUT2D eigenvalue weighted by atomic mass is 9.81. The van der Waals surface area contributed by atoms with Crippen molar-refractivity contribution in [2.75, 3.05) is 12.0 Å². The van der Waals surface area contributed by atoms with Gasteiger partial charge < -0.3 is 4.74 Å². The molecule has 2 saturated carbocycles. The lowest BCUT2D eigenvalue weighted by molar-refractivity contribution is -0.123. The lowest BCUT2D eigenvalue weighted by Gasteiger charge is -2.19. The van der Waals surface area contributed by atoms with Gasteiger partial charge in [-0.3, -0.25) is 14.5 Å². The van der Waals surface area contributed by atoms with Crippen molar-refractivity contribution in [2.45, 2.75) is 19.3 Å². The van der Waals surface area contributed by atoms with Crippen molar-refractivity contribution in [3.8, 4) is 0 Å². The number of amides is 2. The number of fused-ring (bicyclic) bond motifs is 5. The van der Waals surface area contributed by atoms with Gasteiger partial charge in [0.15, 0.2) is 0 Å². The van der Waals surface area contributed by atoms with E-state index in [9.17, 15) is 14.4 Å². The van der Waals surface area contributed by atoms with Crippen molar-refractivity contribution in [3.05, 3.63) is 29.8 Å². The van der Waals surface area contributed by atoms with Crippen molar-refractivity contribution in [1.29, 1.82) is 0 Å². The molecule has 2 amide bonds. The fourth-order valence-corrected chi connectivity index (χ4v) is 4.55. The number of rotatable bonds is 2. The fourth-order valence-electron chi connectivity index (χ4n) is 4.55. The Morgan fingerprint density at radius 1 is 1.14 bits per heavy atom. The Labute approximate surface area is 128 Å². The summed E-state index contributed by atoms with van der Waals surface area (Å²) in [6.07, 6.45) is 3.13. The zero-order valence-corrected chi connectivity index (χ0v) is 12.3. The second kappa shape index (κ2) is 4.66. The summed E-state index contributed by atoms with van der Waals surface area (Å²) in [4.78, 5) is 38.4. The van der Waals surface area contributed by atoms with Crippen LogP contribution < -0.4 is 4.90 Å². The van der Waals surface area contributed by atoms with Gasteiger partial charge in [-0.05, 0) is 49.3 Å². The van der Waals surface area contributed by atoms with Gasteiger partial charge in [0.05, 0.1) is 30.2 Å². The molecule has 5 heteroatoms. The van der Waals surface area contributed by atoms with Crippen LogP contribution in [0.25, 0.3) is 0 Å². The van der Waals surface area contributed by atoms with E-state index in [0.29, 0.717) is 23.1 Å². The standard InChI is InChI=1S/C17H17NO4/c1-22-17(21)11-3-2-4-12(8-11)18-15(19)13-9-5-6-10(7-9)14(13)16(18)20/h2-4,8-10,13-14H,5-7H2,1H3/t9-,10+,13-,14+. The van der Waals surface area contributed by atoms with Crippen LogP contribution in [0.4, 0.5) is 5.69 Å². The Bertz CT molecular complexity index is 655. The van der Waals surface area contributed by atoms with Crippen LogP contribution in [0.5, 0.6) is 0 Å². The van der Waals surface area contributed by atoms with Crippen molar-refractivity contribution in [3.63, 3.8) is 0 Å². The van der Waals surface area contributed by atoms with E-state index in [1.165, 1.54) is 12.0 Å². The van der Waals surface area contributed by atoms with E-state index in [1.54, 1.807) is 24.3 Å². The maximum absolute atomic E-state index is 12.7. The summed E-state index contributed by atoms with van der Waals surface area (Å²) < 4.78 is 4.70. The topological polar surface area (TPSA) is 63.7 Å². The Hall–Kier alpha value is -2.17. The molecule has 1 heterocycles. The number of carbonyl (C=O) groups is 3. The van der Waals surface area contributed by atoms with Crippen LogP contribution in [0, 0.1) is 23.7 Å². The monoisotopic (exact) mass is 299 g/mol. The summed E-state index contributed by atoms with van der Waals surface area (Å²) in [5.74, 6) is -0.226. The molecule has 2 bridgehead atoms. The van der Waals surface area contributed by atoms with Gasteiger partial charge in [0.1, 0.15) is 0 Å². The summed E-state index contributed by atoms with van der Waals surface area (Å²) in [6.45, 7) is 0. The van der Waals surface area contributed by atoms with E-state index in [4.69, 9.17) is 4.74 Å². The summed E-state index contributed by atoms with van der Waals surface area (Å²) in [6, 6.07) is 6.55. The molecule has 0 unspecified atom stereocenters. The Morgan fingerprint density at radius 3 is 2.36 bits per heavy atom. The largest absolute Gasteiger partial charge is 0.465 e. The predicted octanol–water partition coefficient (Wildman–Crippen LogP) is 2.01. The minimum atomic E-state index is -0.471. The maximum Gasteiger partial charge on any atom is 0.337 e. The highest BCUT2D eigenvalue weighted by atomic mass is 16.5.